The van der Waals surface area contributed by atoms with Crippen molar-refractivity contribution in [3.8, 4) is 11.1 Å². The van der Waals surface area contributed by atoms with E-state index in [1.165, 1.54) is 12.1 Å². The Morgan fingerprint density at radius 2 is 1.71 bits per heavy atom. The Morgan fingerprint density at radius 3 is 2.32 bits per heavy atom. The molecule has 1 unspecified atom stereocenters. The van der Waals surface area contributed by atoms with E-state index in [4.69, 9.17) is 0 Å². The van der Waals surface area contributed by atoms with Crippen LogP contribution in [-0.2, 0) is 22.8 Å². The molecule has 0 N–H and O–H groups in total. The van der Waals surface area contributed by atoms with E-state index >= 15 is 0 Å². The molecular weight excluding hydrogens is 518 g/mol. The highest BCUT2D eigenvalue weighted by atomic mass is 127. The van der Waals surface area contributed by atoms with Crippen LogP contribution in [0.4, 0.5) is 13.2 Å². The summed E-state index contributed by atoms with van der Waals surface area (Å²) in [6.45, 7) is 1.86. The Kier molecular flexibility index (Phi) is 5.59. The van der Waals surface area contributed by atoms with Crippen molar-refractivity contribution in [2.24, 2.45) is 0 Å². The van der Waals surface area contributed by atoms with Crippen LogP contribution in [0.5, 0.6) is 0 Å². The molecule has 4 nitrogen and oxygen atoms in total. The fourth-order valence-electron chi connectivity index (χ4n) is 3.62. The third kappa shape index (κ3) is 4.08. The standard InChI is InChI=1S/C23H17F3IN3O/c1-22(21(27)31,13-15-5-3-2-4-6-15)19-11-12-28-20-18(14-29-30(19)20)16-7-9-17(10-8-16)23(24,25)26/h2-12,14H,13H2,1H3. The minimum absolute atomic E-state index is 0.0481. The summed E-state index contributed by atoms with van der Waals surface area (Å²) >= 11 is 1.81. The molecule has 0 spiro atoms. The Labute approximate surface area is 190 Å². The number of aromatic nitrogens is 3. The SMILES string of the molecule is CC(Cc1ccccc1)(C(=O)I)c1ccnc2c(-c3ccc(C(F)(F)F)cc3)cnn12. The molecule has 0 radical (unpaired) electrons. The van der Waals surface area contributed by atoms with Crippen molar-refractivity contribution in [1.82, 2.24) is 14.6 Å². The molecule has 4 aromatic rings. The third-order valence-electron chi connectivity index (χ3n) is 5.32. The molecule has 0 aliphatic heterocycles. The van der Waals surface area contributed by atoms with Crippen molar-refractivity contribution in [2.45, 2.75) is 24.9 Å². The van der Waals surface area contributed by atoms with Crippen LogP contribution < -0.4 is 0 Å². The number of fused-ring (bicyclic) bond motifs is 1. The van der Waals surface area contributed by atoms with E-state index in [1.807, 2.05) is 37.3 Å². The topological polar surface area (TPSA) is 47.3 Å². The highest BCUT2D eigenvalue weighted by Gasteiger charge is 2.37. The predicted molar refractivity (Wildman–Crippen MR) is 120 cm³/mol. The zero-order valence-corrected chi connectivity index (χ0v) is 18.6. The number of halogens is 4. The van der Waals surface area contributed by atoms with Gasteiger partial charge in [-0.2, -0.15) is 18.3 Å². The van der Waals surface area contributed by atoms with Crippen molar-refractivity contribution in [2.75, 3.05) is 0 Å². The van der Waals surface area contributed by atoms with Crippen LogP contribution in [-0.4, -0.2) is 18.4 Å². The molecule has 0 saturated carbocycles. The fraction of sp³-hybridized carbons (Fsp3) is 0.174. The average molecular weight is 535 g/mol. The van der Waals surface area contributed by atoms with Crippen LogP contribution in [0, 0.1) is 0 Å². The molecular formula is C23H17F3IN3O. The summed E-state index contributed by atoms with van der Waals surface area (Å²) < 4.78 is 40.2. The lowest BCUT2D eigenvalue weighted by Crippen LogP contribution is -2.34. The Hall–Kier alpha value is -2.75. The van der Waals surface area contributed by atoms with E-state index in [0.29, 0.717) is 28.9 Å². The smallest absolute Gasteiger partial charge is 0.287 e. The van der Waals surface area contributed by atoms with Gasteiger partial charge < -0.3 is 0 Å². The van der Waals surface area contributed by atoms with Gasteiger partial charge >= 0.3 is 6.18 Å². The zero-order valence-electron chi connectivity index (χ0n) is 16.4. The second-order valence-corrected chi connectivity index (χ2v) is 8.45. The number of benzene rings is 2. The first-order valence-electron chi connectivity index (χ1n) is 9.45. The average Bonchev–Trinajstić information content (AvgIpc) is 3.18. The van der Waals surface area contributed by atoms with E-state index in [0.717, 1.165) is 17.7 Å². The molecule has 31 heavy (non-hydrogen) atoms. The molecule has 0 amide bonds. The Balaban J connectivity index is 1.80. The van der Waals surface area contributed by atoms with Crippen molar-refractivity contribution < 1.29 is 18.0 Å². The molecule has 2 heterocycles. The van der Waals surface area contributed by atoms with Gasteiger partial charge in [0.05, 0.1) is 22.9 Å². The van der Waals surface area contributed by atoms with E-state index < -0.39 is 17.2 Å². The molecule has 0 bridgehead atoms. The van der Waals surface area contributed by atoms with Crippen molar-refractivity contribution in [3.63, 3.8) is 0 Å². The third-order valence-corrected chi connectivity index (χ3v) is 6.51. The maximum absolute atomic E-state index is 12.9. The normalized spacial score (nSPS) is 13.8. The summed E-state index contributed by atoms with van der Waals surface area (Å²) in [6.07, 6.45) is -0.757. The Morgan fingerprint density at radius 1 is 1.03 bits per heavy atom. The molecule has 2 aromatic heterocycles. The maximum atomic E-state index is 12.9. The van der Waals surface area contributed by atoms with Crippen molar-refractivity contribution in [1.29, 1.82) is 0 Å². The summed E-state index contributed by atoms with van der Waals surface area (Å²) in [5.41, 5.74) is 1.74. The quantitative estimate of drug-likeness (QED) is 0.237. The summed E-state index contributed by atoms with van der Waals surface area (Å²) in [7, 11) is 0. The fourth-order valence-corrected chi connectivity index (χ4v) is 4.08. The van der Waals surface area contributed by atoms with Gasteiger partial charge in [0.15, 0.2) is 5.65 Å². The van der Waals surface area contributed by atoms with E-state index in [1.54, 1.807) is 45.6 Å². The highest BCUT2D eigenvalue weighted by molar-refractivity contribution is 14.1. The minimum Gasteiger partial charge on any atom is -0.287 e. The van der Waals surface area contributed by atoms with E-state index in [-0.39, 0.29) is 3.79 Å². The molecule has 0 saturated heterocycles. The summed E-state index contributed by atoms with van der Waals surface area (Å²) in [6, 6.07) is 16.3. The lowest BCUT2D eigenvalue weighted by atomic mass is 9.81. The molecule has 158 valence electrons. The van der Waals surface area contributed by atoms with Gasteiger partial charge in [-0.1, -0.05) is 42.5 Å². The van der Waals surface area contributed by atoms with E-state index in [9.17, 15) is 18.0 Å². The first-order valence-corrected chi connectivity index (χ1v) is 10.5. The van der Waals surface area contributed by atoms with Gasteiger partial charge in [0.2, 0.25) is 3.79 Å². The largest absolute Gasteiger partial charge is 0.416 e. The molecule has 8 heteroatoms. The van der Waals surface area contributed by atoms with Gasteiger partial charge in [0.1, 0.15) is 0 Å². The van der Waals surface area contributed by atoms with Crippen molar-refractivity contribution in [3.05, 3.63) is 89.9 Å². The monoisotopic (exact) mass is 535 g/mol. The van der Waals surface area contributed by atoms with Crippen LogP contribution in [0.15, 0.2) is 73.1 Å². The second-order valence-electron chi connectivity index (χ2n) is 7.47. The molecule has 0 fully saturated rings. The van der Waals surface area contributed by atoms with Gasteiger partial charge in [-0.15, -0.1) is 0 Å². The maximum Gasteiger partial charge on any atom is 0.416 e. The van der Waals surface area contributed by atoms with Crippen molar-refractivity contribution >= 4 is 32.0 Å². The van der Waals surface area contributed by atoms with Gasteiger partial charge in [0, 0.05) is 34.4 Å². The highest BCUT2D eigenvalue weighted by Crippen LogP contribution is 2.35. The number of hydrogen-bond donors (Lipinski definition) is 0. The summed E-state index contributed by atoms with van der Waals surface area (Å²) in [5, 5.41) is 4.43. The first-order chi connectivity index (χ1) is 14.7. The lowest BCUT2D eigenvalue weighted by molar-refractivity contribution is -0.137. The molecule has 2 aromatic carbocycles. The molecule has 4 rings (SSSR count). The number of nitrogens with zero attached hydrogens (tertiary/aromatic N) is 3. The van der Waals surface area contributed by atoms with Gasteiger partial charge in [-0.25, -0.2) is 9.50 Å². The van der Waals surface area contributed by atoms with Crippen LogP contribution >= 0.6 is 22.6 Å². The molecule has 1 atom stereocenters. The Bertz CT molecular complexity index is 1240. The van der Waals surface area contributed by atoms with Gasteiger partial charge in [0.25, 0.3) is 0 Å². The molecule has 0 aliphatic rings. The second kappa shape index (κ2) is 8.07. The number of hydrogen-bond acceptors (Lipinski definition) is 3. The van der Waals surface area contributed by atoms with E-state index in [2.05, 4.69) is 10.1 Å². The summed E-state index contributed by atoms with van der Waals surface area (Å²) in [5.74, 6) is 0. The van der Waals surface area contributed by atoms with Crippen LogP contribution in [0.25, 0.3) is 16.8 Å². The van der Waals surface area contributed by atoms with Gasteiger partial charge in [-0.3, -0.25) is 4.79 Å². The summed E-state index contributed by atoms with van der Waals surface area (Å²) in [4.78, 5) is 17.1. The minimum atomic E-state index is -4.40. The van der Waals surface area contributed by atoms with Gasteiger partial charge in [-0.05, 0) is 42.7 Å². The van der Waals surface area contributed by atoms with Crippen LogP contribution in [0.3, 0.4) is 0 Å². The lowest BCUT2D eigenvalue weighted by Gasteiger charge is -2.26. The first kappa shape index (κ1) is 21.5. The number of rotatable bonds is 5. The number of alkyl halides is 3. The number of carbonyl (C=O) groups is 1. The predicted octanol–water partition coefficient (Wildman–Crippen LogP) is 5.88. The van der Waals surface area contributed by atoms with Crippen LogP contribution in [0.2, 0.25) is 0 Å². The van der Waals surface area contributed by atoms with Crippen LogP contribution in [0.1, 0.15) is 23.7 Å². The number of carbonyl (C=O) groups excluding carboxylic acids is 1. The zero-order chi connectivity index (χ0) is 22.2. The molecule has 0 aliphatic carbocycles.